The molecule has 1 aliphatic heterocycles. The second-order valence-corrected chi connectivity index (χ2v) is 4.64. The van der Waals surface area contributed by atoms with Gasteiger partial charge in [-0.3, -0.25) is 0 Å². The lowest BCUT2D eigenvalue weighted by molar-refractivity contribution is -0.150. The first-order valence-electron chi connectivity index (χ1n) is 4.38. The Morgan fingerprint density at radius 1 is 1.38 bits per heavy atom. The van der Waals surface area contributed by atoms with Crippen LogP contribution in [0.25, 0.3) is 0 Å². The fourth-order valence-corrected chi connectivity index (χ4v) is 2.65. The minimum absolute atomic E-state index is 0.0735. The Bertz CT molecular complexity index is 270. The topological polar surface area (TPSA) is 18.5 Å². The van der Waals surface area contributed by atoms with Crippen molar-refractivity contribution in [2.24, 2.45) is 0 Å². The molecule has 0 aromatic heterocycles. The molecule has 0 N–H and O–H groups in total. The van der Waals surface area contributed by atoms with Gasteiger partial charge in [0.05, 0.1) is 0 Å². The van der Waals surface area contributed by atoms with Gasteiger partial charge >= 0.3 is 0 Å². The molecule has 1 saturated heterocycles. The van der Waals surface area contributed by atoms with E-state index in [0.29, 0.717) is 0 Å². The van der Waals surface area contributed by atoms with Gasteiger partial charge in [0.1, 0.15) is 11.7 Å². The van der Waals surface area contributed by atoms with Gasteiger partial charge in [0.15, 0.2) is 5.79 Å². The summed E-state index contributed by atoms with van der Waals surface area (Å²) in [6.07, 6.45) is 8.27. The first kappa shape index (κ1) is 9.68. The van der Waals surface area contributed by atoms with Crippen molar-refractivity contribution in [3.8, 4) is 0 Å². The lowest BCUT2D eigenvalue weighted by Gasteiger charge is -2.27. The van der Waals surface area contributed by atoms with Gasteiger partial charge in [-0.2, -0.15) is 0 Å². The van der Waals surface area contributed by atoms with Gasteiger partial charge in [-0.05, 0) is 19.9 Å². The summed E-state index contributed by atoms with van der Waals surface area (Å²) in [5.74, 6) is -0.463. The third kappa shape index (κ3) is 1.57. The standard InChI is InChI=1S/C10H13IO2/c1-9(2)12-8-5-3-4-6-10(8,7-11)13-9/h3-6,8H,7H2,1-2H3/t8-,10-/m1/s1. The molecule has 2 nitrogen and oxygen atoms in total. The van der Waals surface area contributed by atoms with Crippen molar-refractivity contribution in [2.45, 2.75) is 31.3 Å². The number of ether oxygens (including phenoxy) is 2. The normalized spacial score (nSPS) is 40.7. The molecule has 0 aromatic rings. The number of fused-ring (bicyclic) bond motifs is 1. The highest BCUT2D eigenvalue weighted by Crippen LogP contribution is 2.40. The molecule has 0 radical (unpaired) electrons. The predicted octanol–water partition coefficient (Wildman–Crippen LogP) is 2.44. The van der Waals surface area contributed by atoms with Crippen molar-refractivity contribution in [3.05, 3.63) is 24.3 Å². The minimum Gasteiger partial charge on any atom is -0.340 e. The van der Waals surface area contributed by atoms with E-state index in [0.717, 1.165) is 4.43 Å². The Kier molecular flexibility index (Phi) is 2.28. The highest BCUT2D eigenvalue weighted by Gasteiger charge is 2.50. The summed E-state index contributed by atoms with van der Waals surface area (Å²) in [5.41, 5.74) is -0.237. The van der Waals surface area contributed by atoms with E-state index in [2.05, 4.69) is 34.7 Å². The molecular weight excluding hydrogens is 279 g/mol. The molecule has 0 aromatic carbocycles. The van der Waals surface area contributed by atoms with Crippen molar-refractivity contribution in [1.82, 2.24) is 0 Å². The van der Waals surface area contributed by atoms with Crippen LogP contribution in [-0.4, -0.2) is 21.9 Å². The number of hydrogen-bond donors (Lipinski definition) is 0. The van der Waals surface area contributed by atoms with E-state index in [9.17, 15) is 0 Å². The van der Waals surface area contributed by atoms with Gasteiger partial charge in [0.25, 0.3) is 0 Å². The Labute approximate surface area is 92.1 Å². The Balaban J connectivity index is 2.32. The van der Waals surface area contributed by atoms with Gasteiger partial charge in [-0.15, -0.1) is 0 Å². The molecule has 1 aliphatic carbocycles. The average molecular weight is 292 g/mol. The molecule has 72 valence electrons. The first-order valence-corrected chi connectivity index (χ1v) is 5.91. The summed E-state index contributed by atoms with van der Waals surface area (Å²) < 4.78 is 12.6. The lowest BCUT2D eigenvalue weighted by atomic mass is 9.95. The molecule has 0 spiro atoms. The van der Waals surface area contributed by atoms with Gasteiger partial charge in [-0.1, -0.05) is 40.8 Å². The third-order valence-corrected chi connectivity index (χ3v) is 3.50. The fourth-order valence-electron chi connectivity index (χ4n) is 1.81. The van der Waals surface area contributed by atoms with Crippen LogP contribution < -0.4 is 0 Å². The van der Waals surface area contributed by atoms with E-state index in [1.807, 2.05) is 26.0 Å². The SMILES string of the molecule is CC1(C)O[C@@H]2C=CC=C[C@]2(CI)O1. The van der Waals surface area contributed by atoms with Gasteiger partial charge < -0.3 is 9.47 Å². The molecule has 2 atom stereocenters. The van der Waals surface area contributed by atoms with Crippen molar-refractivity contribution in [2.75, 3.05) is 4.43 Å². The Morgan fingerprint density at radius 2 is 2.15 bits per heavy atom. The summed E-state index contributed by atoms with van der Waals surface area (Å²) in [7, 11) is 0. The maximum Gasteiger partial charge on any atom is 0.165 e. The van der Waals surface area contributed by atoms with Gasteiger partial charge in [0, 0.05) is 4.43 Å². The minimum atomic E-state index is -0.463. The molecule has 2 aliphatic rings. The zero-order chi connectivity index (χ0) is 9.53. The zero-order valence-corrected chi connectivity index (χ0v) is 9.95. The molecule has 0 bridgehead atoms. The van der Waals surface area contributed by atoms with Crippen LogP contribution in [0.1, 0.15) is 13.8 Å². The Morgan fingerprint density at radius 3 is 2.77 bits per heavy atom. The summed E-state index contributed by atoms with van der Waals surface area (Å²) in [6, 6.07) is 0. The van der Waals surface area contributed by atoms with Crippen LogP contribution >= 0.6 is 22.6 Å². The molecule has 2 rings (SSSR count). The van der Waals surface area contributed by atoms with Crippen LogP contribution in [0, 0.1) is 0 Å². The van der Waals surface area contributed by atoms with Crippen molar-refractivity contribution in [1.29, 1.82) is 0 Å². The summed E-state index contributed by atoms with van der Waals surface area (Å²) in [6.45, 7) is 3.92. The average Bonchev–Trinajstić information content (AvgIpc) is 2.35. The molecule has 0 saturated carbocycles. The lowest BCUT2D eigenvalue weighted by Crippen LogP contribution is -2.40. The van der Waals surface area contributed by atoms with Crippen LogP contribution in [0.4, 0.5) is 0 Å². The van der Waals surface area contributed by atoms with E-state index >= 15 is 0 Å². The molecule has 1 heterocycles. The fraction of sp³-hybridized carbons (Fsp3) is 0.600. The van der Waals surface area contributed by atoms with E-state index in [-0.39, 0.29) is 11.7 Å². The number of allylic oxidation sites excluding steroid dienone is 2. The van der Waals surface area contributed by atoms with Crippen LogP contribution in [-0.2, 0) is 9.47 Å². The summed E-state index contributed by atoms with van der Waals surface area (Å²) >= 11 is 2.34. The van der Waals surface area contributed by atoms with E-state index in [1.165, 1.54) is 0 Å². The van der Waals surface area contributed by atoms with Crippen LogP contribution in [0.5, 0.6) is 0 Å². The maximum absolute atomic E-state index is 5.92. The van der Waals surface area contributed by atoms with Gasteiger partial charge in [-0.25, -0.2) is 0 Å². The quantitative estimate of drug-likeness (QED) is 0.546. The largest absolute Gasteiger partial charge is 0.340 e. The molecule has 13 heavy (non-hydrogen) atoms. The van der Waals surface area contributed by atoms with Crippen molar-refractivity contribution >= 4 is 22.6 Å². The number of rotatable bonds is 1. The second-order valence-electron chi connectivity index (χ2n) is 3.87. The van der Waals surface area contributed by atoms with Crippen molar-refractivity contribution in [3.63, 3.8) is 0 Å². The molecule has 0 amide bonds. The predicted molar refractivity (Wildman–Crippen MR) is 59.9 cm³/mol. The van der Waals surface area contributed by atoms with Crippen molar-refractivity contribution < 1.29 is 9.47 Å². The van der Waals surface area contributed by atoms with Gasteiger partial charge in [0.2, 0.25) is 0 Å². The molecular formula is C10H13IO2. The summed E-state index contributed by atoms with van der Waals surface area (Å²) in [4.78, 5) is 0. The highest BCUT2D eigenvalue weighted by atomic mass is 127. The smallest absolute Gasteiger partial charge is 0.165 e. The number of hydrogen-bond acceptors (Lipinski definition) is 2. The summed E-state index contributed by atoms with van der Waals surface area (Å²) in [5, 5.41) is 0. The monoisotopic (exact) mass is 292 g/mol. The van der Waals surface area contributed by atoms with E-state index in [4.69, 9.17) is 9.47 Å². The zero-order valence-electron chi connectivity index (χ0n) is 7.79. The molecule has 1 fully saturated rings. The van der Waals surface area contributed by atoms with E-state index in [1.54, 1.807) is 0 Å². The maximum atomic E-state index is 5.92. The molecule has 3 heteroatoms. The molecule has 0 unspecified atom stereocenters. The second kappa shape index (κ2) is 3.07. The van der Waals surface area contributed by atoms with Crippen LogP contribution in [0.3, 0.4) is 0 Å². The van der Waals surface area contributed by atoms with E-state index < -0.39 is 5.79 Å². The van der Waals surface area contributed by atoms with Crippen LogP contribution in [0.2, 0.25) is 0 Å². The first-order chi connectivity index (χ1) is 6.08. The Hall–Kier alpha value is 0.130. The van der Waals surface area contributed by atoms with Crippen LogP contribution in [0.15, 0.2) is 24.3 Å². The number of alkyl halides is 1. The highest BCUT2D eigenvalue weighted by molar-refractivity contribution is 14.1. The number of halogens is 1. The third-order valence-electron chi connectivity index (χ3n) is 2.31.